The van der Waals surface area contributed by atoms with Crippen molar-refractivity contribution in [2.75, 3.05) is 23.7 Å². The fraction of sp³-hybridized carbons (Fsp3) is 0.333. The minimum absolute atomic E-state index is 0.548. The van der Waals surface area contributed by atoms with Crippen molar-refractivity contribution in [1.82, 2.24) is 5.10 Å². The highest BCUT2D eigenvalue weighted by Crippen LogP contribution is 2.31. The molecule has 1 aliphatic heterocycles. The lowest BCUT2D eigenvalue weighted by Gasteiger charge is -2.19. The second-order valence-electron chi connectivity index (χ2n) is 4.37. The van der Waals surface area contributed by atoms with Crippen LogP contribution in [-0.4, -0.2) is 18.2 Å². The molecule has 2 aromatic rings. The van der Waals surface area contributed by atoms with Crippen molar-refractivity contribution in [3.8, 4) is 0 Å². The molecule has 0 amide bonds. The molecule has 2 N–H and O–H groups in total. The van der Waals surface area contributed by atoms with Gasteiger partial charge in [-0.15, -0.1) is 0 Å². The Morgan fingerprint density at radius 2 is 2.00 bits per heavy atom. The molecule has 2 heterocycles. The second kappa shape index (κ2) is 3.76. The maximum Gasteiger partial charge on any atom is 0.219 e. The van der Waals surface area contributed by atoms with Crippen LogP contribution in [0.15, 0.2) is 24.5 Å². The fourth-order valence-electron chi connectivity index (χ4n) is 2.41. The van der Waals surface area contributed by atoms with Crippen LogP contribution in [0.2, 0.25) is 0 Å². The lowest BCUT2D eigenvalue weighted by molar-refractivity contribution is -0.667. The Morgan fingerprint density at radius 3 is 2.76 bits per heavy atom. The number of anilines is 2. The third kappa shape index (κ3) is 1.63. The van der Waals surface area contributed by atoms with Crippen molar-refractivity contribution in [2.24, 2.45) is 0 Å². The van der Waals surface area contributed by atoms with Gasteiger partial charge in [0, 0.05) is 34.9 Å². The van der Waals surface area contributed by atoms with E-state index in [0.29, 0.717) is 10.5 Å². The van der Waals surface area contributed by atoms with Crippen molar-refractivity contribution in [1.29, 1.82) is 0 Å². The summed E-state index contributed by atoms with van der Waals surface area (Å²) in [5, 5.41) is 16.7. The van der Waals surface area contributed by atoms with Gasteiger partial charge in [0.05, 0.1) is 5.39 Å². The molecule has 5 heteroatoms. The number of rotatable bonds is 1. The van der Waals surface area contributed by atoms with Gasteiger partial charge in [-0.1, -0.05) is 4.85 Å². The number of benzene rings is 1. The van der Waals surface area contributed by atoms with Crippen LogP contribution in [0.3, 0.4) is 0 Å². The van der Waals surface area contributed by atoms with Gasteiger partial charge in [0.15, 0.2) is 0 Å². The maximum atomic E-state index is 11.2. The van der Waals surface area contributed by atoms with E-state index in [0.717, 1.165) is 29.5 Å². The first-order chi connectivity index (χ1) is 8.25. The molecule has 88 valence electrons. The van der Waals surface area contributed by atoms with Gasteiger partial charge in [-0.2, -0.15) is 0 Å². The topological polar surface area (TPSA) is 69.1 Å². The third-order valence-corrected chi connectivity index (χ3v) is 3.28. The van der Waals surface area contributed by atoms with Gasteiger partial charge in [-0.25, -0.2) is 0 Å². The number of hydrogen-bond acceptors (Lipinski definition) is 4. The normalized spacial score (nSPS) is 15.6. The summed E-state index contributed by atoms with van der Waals surface area (Å²) in [6, 6.07) is 3.87. The summed E-state index contributed by atoms with van der Waals surface area (Å²) in [4.78, 5) is 2.87. The van der Waals surface area contributed by atoms with Crippen LogP contribution < -0.4 is 15.5 Å². The molecule has 0 atom stereocenters. The Bertz CT molecular complexity index is 564. The van der Waals surface area contributed by atoms with Gasteiger partial charge in [-0.3, -0.25) is 0 Å². The lowest BCUT2D eigenvalue weighted by atomic mass is 10.1. The van der Waals surface area contributed by atoms with E-state index in [9.17, 15) is 5.21 Å². The number of nitrogens with two attached hydrogens (primary N) is 1. The lowest BCUT2D eigenvalue weighted by Crippen LogP contribution is -2.30. The Morgan fingerprint density at radius 1 is 1.24 bits per heavy atom. The maximum absolute atomic E-state index is 11.2. The number of nitrogen functional groups attached to an aromatic ring is 1. The van der Waals surface area contributed by atoms with E-state index >= 15 is 0 Å². The number of nitrogens with zero attached hydrogens (tertiary/aromatic N) is 3. The first kappa shape index (κ1) is 10.1. The van der Waals surface area contributed by atoms with Gasteiger partial charge in [0.1, 0.15) is 6.20 Å². The summed E-state index contributed by atoms with van der Waals surface area (Å²) in [7, 11) is 0. The highest BCUT2D eigenvalue weighted by Gasteiger charge is 2.17. The Hall–Kier alpha value is -2.04. The highest BCUT2D eigenvalue weighted by molar-refractivity contribution is 6.00. The molecule has 1 fully saturated rings. The molecule has 0 aliphatic carbocycles. The van der Waals surface area contributed by atoms with Gasteiger partial charge < -0.3 is 15.8 Å². The third-order valence-electron chi connectivity index (χ3n) is 3.28. The summed E-state index contributed by atoms with van der Waals surface area (Å²) in [6.07, 6.45) is 5.47. The monoisotopic (exact) mass is 230 g/mol. The quantitative estimate of drug-likeness (QED) is 0.451. The number of hydrogen-bond donors (Lipinski definition) is 1. The summed E-state index contributed by atoms with van der Waals surface area (Å²) >= 11 is 0. The van der Waals surface area contributed by atoms with Gasteiger partial charge >= 0.3 is 0 Å². The largest absolute Gasteiger partial charge is 0.594 e. The highest BCUT2D eigenvalue weighted by atomic mass is 16.5. The van der Waals surface area contributed by atoms with Crippen LogP contribution >= 0.6 is 0 Å². The van der Waals surface area contributed by atoms with E-state index in [1.54, 1.807) is 6.20 Å². The molecule has 1 aromatic heterocycles. The predicted octanol–water partition coefficient (Wildman–Crippen LogP) is 1.05. The van der Waals surface area contributed by atoms with Crippen LogP contribution in [0.25, 0.3) is 10.8 Å². The minimum atomic E-state index is 0.548. The Labute approximate surface area is 99.0 Å². The van der Waals surface area contributed by atoms with E-state index < -0.39 is 0 Å². The molecule has 17 heavy (non-hydrogen) atoms. The summed E-state index contributed by atoms with van der Waals surface area (Å²) in [6.45, 7) is 2.12. The molecule has 5 nitrogen and oxygen atoms in total. The number of fused-ring (bicyclic) bond motifs is 1. The van der Waals surface area contributed by atoms with Crippen LogP contribution in [0.1, 0.15) is 12.8 Å². The molecule has 0 saturated carbocycles. The van der Waals surface area contributed by atoms with Crippen molar-refractivity contribution in [2.45, 2.75) is 12.8 Å². The van der Waals surface area contributed by atoms with Crippen LogP contribution in [0.5, 0.6) is 0 Å². The molecule has 1 aromatic carbocycles. The average molecular weight is 230 g/mol. The van der Waals surface area contributed by atoms with Gasteiger partial charge in [0.25, 0.3) is 0 Å². The standard InChI is InChI=1S/C12H14N4O/c13-11-3-4-12(15-5-1-2-6-15)9-7-14-16(17)8-10(9)11/h3-4,7-8H,1-2,5-6,13H2. The van der Waals surface area contributed by atoms with E-state index in [-0.39, 0.29) is 0 Å². The SMILES string of the molecule is Nc1ccc(N2CCCC2)c2cn[n+]([O-])cc12. The van der Waals surface area contributed by atoms with Crippen LogP contribution in [0.4, 0.5) is 11.4 Å². The molecule has 0 unspecified atom stereocenters. The molecule has 1 aliphatic rings. The minimum Gasteiger partial charge on any atom is -0.594 e. The molecule has 3 rings (SSSR count). The predicted molar refractivity (Wildman–Crippen MR) is 66.6 cm³/mol. The average Bonchev–Trinajstić information content (AvgIpc) is 2.84. The fourth-order valence-corrected chi connectivity index (χ4v) is 2.41. The van der Waals surface area contributed by atoms with Crippen molar-refractivity contribution in [3.63, 3.8) is 0 Å². The van der Waals surface area contributed by atoms with Crippen LogP contribution in [0, 0.1) is 5.21 Å². The van der Waals surface area contributed by atoms with E-state index in [1.807, 2.05) is 12.1 Å². The molecule has 0 radical (unpaired) electrons. The van der Waals surface area contributed by atoms with E-state index in [2.05, 4.69) is 10.00 Å². The second-order valence-corrected chi connectivity index (χ2v) is 4.37. The summed E-state index contributed by atoms with van der Waals surface area (Å²) in [5.74, 6) is 0. The molecule has 0 bridgehead atoms. The van der Waals surface area contributed by atoms with E-state index in [4.69, 9.17) is 5.73 Å². The van der Waals surface area contributed by atoms with Crippen molar-refractivity contribution in [3.05, 3.63) is 29.7 Å². The van der Waals surface area contributed by atoms with Crippen molar-refractivity contribution >= 4 is 22.1 Å². The van der Waals surface area contributed by atoms with Crippen molar-refractivity contribution < 1.29 is 4.85 Å². The first-order valence-corrected chi connectivity index (χ1v) is 5.78. The van der Waals surface area contributed by atoms with Gasteiger partial charge in [-0.05, 0) is 25.0 Å². The first-order valence-electron chi connectivity index (χ1n) is 5.78. The summed E-state index contributed by atoms with van der Waals surface area (Å²) < 4.78 is 0. The Kier molecular flexibility index (Phi) is 2.24. The zero-order valence-electron chi connectivity index (χ0n) is 9.47. The van der Waals surface area contributed by atoms with Gasteiger partial charge in [0.2, 0.25) is 6.20 Å². The van der Waals surface area contributed by atoms with Crippen LogP contribution in [-0.2, 0) is 0 Å². The van der Waals surface area contributed by atoms with E-state index in [1.165, 1.54) is 19.0 Å². The zero-order chi connectivity index (χ0) is 11.8. The molecule has 1 saturated heterocycles. The smallest absolute Gasteiger partial charge is 0.219 e. The summed E-state index contributed by atoms with van der Waals surface area (Å²) in [5.41, 5.74) is 7.64. The zero-order valence-corrected chi connectivity index (χ0v) is 9.47. The number of aromatic nitrogens is 2. The molecular weight excluding hydrogens is 216 g/mol. The Balaban J connectivity index is 2.22. The molecule has 0 spiro atoms. The molecular formula is C12H14N4O.